The maximum atomic E-state index is 14.1. The highest BCUT2D eigenvalue weighted by Crippen LogP contribution is 2.24. The van der Waals surface area contributed by atoms with Gasteiger partial charge in [-0.25, -0.2) is 9.59 Å². The van der Waals surface area contributed by atoms with Crippen molar-refractivity contribution in [2.24, 2.45) is 0 Å². The van der Waals surface area contributed by atoms with Crippen LogP contribution in [0.5, 0.6) is 0 Å². The summed E-state index contributed by atoms with van der Waals surface area (Å²) in [6.07, 6.45) is -0.0301. The SMILES string of the molecule is CCCN(C(=O)C(CS)NC(=O)OC(C)(C)C)C(C(=O)NC(Cc1ccccc1)C(=O)OC(C)(C)C)c1ccccc1. The van der Waals surface area contributed by atoms with Crippen molar-refractivity contribution in [3.63, 3.8) is 0 Å². The van der Waals surface area contributed by atoms with Crippen LogP contribution in [0.4, 0.5) is 4.79 Å². The summed E-state index contributed by atoms with van der Waals surface area (Å²) >= 11 is 4.31. The minimum absolute atomic E-state index is 0.0179. The molecule has 0 heterocycles. The zero-order valence-corrected chi connectivity index (χ0v) is 26.6. The first kappa shape index (κ1) is 34.7. The van der Waals surface area contributed by atoms with Gasteiger partial charge in [0.05, 0.1) is 0 Å². The maximum Gasteiger partial charge on any atom is 0.408 e. The van der Waals surface area contributed by atoms with Gasteiger partial charge in [0.15, 0.2) is 0 Å². The number of esters is 1. The second-order valence-electron chi connectivity index (χ2n) is 12.0. The van der Waals surface area contributed by atoms with Gasteiger partial charge in [0.2, 0.25) is 11.8 Å². The molecule has 0 radical (unpaired) electrons. The van der Waals surface area contributed by atoms with Gasteiger partial charge in [-0.2, -0.15) is 12.6 Å². The van der Waals surface area contributed by atoms with Gasteiger partial charge in [0, 0.05) is 18.7 Å². The van der Waals surface area contributed by atoms with Gasteiger partial charge in [-0.1, -0.05) is 67.6 Å². The molecule has 0 spiro atoms. The second-order valence-corrected chi connectivity index (χ2v) is 12.4. The van der Waals surface area contributed by atoms with E-state index in [9.17, 15) is 19.2 Å². The van der Waals surface area contributed by atoms with Crippen LogP contribution in [0.25, 0.3) is 0 Å². The molecule has 0 saturated heterocycles. The molecular weight excluding hydrogens is 554 g/mol. The smallest absolute Gasteiger partial charge is 0.408 e. The molecule has 3 atom stereocenters. The summed E-state index contributed by atoms with van der Waals surface area (Å²) in [7, 11) is 0. The molecular formula is C32H45N3O6S. The van der Waals surface area contributed by atoms with Crippen LogP contribution in [0.15, 0.2) is 60.7 Å². The molecule has 2 rings (SSSR count). The number of hydrogen-bond acceptors (Lipinski definition) is 7. The summed E-state index contributed by atoms with van der Waals surface area (Å²) in [5, 5.41) is 5.46. The van der Waals surface area contributed by atoms with Gasteiger partial charge >= 0.3 is 12.1 Å². The number of amides is 3. The number of thiol groups is 1. The van der Waals surface area contributed by atoms with E-state index in [0.717, 1.165) is 5.56 Å². The van der Waals surface area contributed by atoms with Gasteiger partial charge < -0.3 is 25.0 Å². The van der Waals surface area contributed by atoms with E-state index in [1.807, 2.05) is 43.3 Å². The Hall–Kier alpha value is -3.53. The average Bonchev–Trinajstić information content (AvgIpc) is 2.90. The van der Waals surface area contributed by atoms with Crippen molar-refractivity contribution in [1.29, 1.82) is 0 Å². The van der Waals surface area contributed by atoms with E-state index in [2.05, 4.69) is 23.3 Å². The maximum absolute atomic E-state index is 14.1. The van der Waals surface area contributed by atoms with Crippen LogP contribution in [0.3, 0.4) is 0 Å². The normalized spacial score (nSPS) is 13.7. The van der Waals surface area contributed by atoms with Gasteiger partial charge in [-0.15, -0.1) is 0 Å². The molecule has 9 nitrogen and oxygen atoms in total. The molecule has 0 saturated carbocycles. The lowest BCUT2D eigenvalue weighted by Gasteiger charge is -2.35. The monoisotopic (exact) mass is 599 g/mol. The number of nitrogens with one attached hydrogen (secondary N) is 2. The van der Waals surface area contributed by atoms with Crippen molar-refractivity contribution in [3.05, 3.63) is 71.8 Å². The van der Waals surface area contributed by atoms with Gasteiger partial charge in [-0.3, -0.25) is 9.59 Å². The molecule has 230 valence electrons. The van der Waals surface area contributed by atoms with Crippen molar-refractivity contribution in [1.82, 2.24) is 15.5 Å². The van der Waals surface area contributed by atoms with Crippen LogP contribution in [-0.4, -0.2) is 64.4 Å². The Bertz CT molecular complexity index is 1180. The third-order valence-corrected chi connectivity index (χ3v) is 6.25. The molecule has 0 aliphatic carbocycles. The topological polar surface area (TPSA) is 114 Å². The first-order chi connectivity index (χ1) is 19.6. The first-order valence-corrected chi connectivity index (χ1v) is 14.8. The summed E-state index contributed by atoms with van der Waals surface area (Å²) in [5.41, 5.74) is -0.149. The van der Waals surface area contributed by atoms with Crippen molar-refractivity contribution in [3.8, 4) is 0 Å². The number of alkyl carbamates (subject to hydrolysis) is 1. The number of carbonyl (C=O) groups excluding carboxylic acids is 4. The summed E-state index contributed by atoms with van der Waals surface area (Å²) in [5.74, 6) is -1.65. The van der Waals surface area contributed by atoms with Crippen molar-refractivity contribution < 1.29 is 28.7 Å². The minimum Gasteiger partial charge on any atom is -0.458 e. The Balaban J connectivity index is 2.47. The van der Waals surface area contributed by atoms with Crippen LogP contribution in [-0.2, 0) is 30.3 Å². The lowest BCUT2D eigenvalue weighted by atomic mass is 10.0. The quantitative estimate of drug-likeness (QED) is 0.237. The second kappa shape index (κ2) is 15.6. The number of ether oxygens (including phenoxy) is 2. The highest BCUT2D eigenvalue weighted by atomic mass is 32.1. The van der Waals surface area contributed by atoms with Crippen LogP contribution in [0, 0.1) is 0 Å². The fourth-order valence-electron chi connectivity index (χ4n) is 4.22. The van der Waals surface area contributed by atoms with Crippen LogP contribution >= 0.6 is 12.6 Å². The lowest BCUT2D eigenvalue weighted by molar-refractivity contribution is -0.159. The minimum atomic E-state index is -1.10. The van der Waals surface area contributed by atoms with E-state index in [-0.39, 0.29) is 18.7 Å². The summed E-state index contributed by atoms with van der Waals surface area (Å²) in [4.78, 5) is 55.3. The third kappa shape index (κ3) is 11.4. The number of rotatable bonds is 12. The average molecular weight is 600 g/mol. The Labute approximate surface area is 255 Å². The Morgan fingerprint density at radius 2 is 1.36 bits per heavy atom. The van der Waals surface area contributed by atoms with Crippen LogP contribution in [0.1, 0.15) is 72.1 Å². The number of nitrogens with zero attached hydrogens (tertiary/aromatic N) is 1. The third-order valence-electron chi connectivity index (χ3n) is 5.88. The number of hydrogen-bond donors (Lipinski definition) is 3. The van der Waals surface area contributed by atoms with Gasteiger partial charge in [-0.05, 0) is 59.1 Å². The first-order valence-electron chi connectivity index (χ1n) is 14.2. The largest absolute Gasteiger partial charge is 0.458 e. The molecule has 3 amide bonds. The van der Waals surface area contributed by atoms with Crippen molar-refractivity contribution >= 4 is 36.5 Å². The van der Waals surface area contributed by atoms with E-state index in [4.69, 9.17) is 9.47 Å². The molecule has 3 unspecified atom stereocenters. The lowest BCUT2D eigenvalue weighted by Crippen LogP contribution is -2.55. The molecule has 0 bridgehead atoms. The van der Waals surface area contributed by atoms with E-state index < -0.39 is 53.2 Å². The fourth-order valence-corrected chi connectivity index (χ4v) is 4.47. The molecule has 2 N–H and O–H groups in total. The van der Waals surface area contributed by atoms with Crippen LogP contribution < -0.4 is 10.6 Å². The number of carbonyl (C=O) groups is 4. The Morgan fingerprint density at radius 1 is 0.810 bits per heavy atom. The van der Waals surface area contributed by atoms with E-state index >= 15 is 0 Å². The van der Waals surface area contributed by atoms with Crippen molar-refractivity contribution in [2.45, 2.75) is 90.6 Å². The van der Waals surface area contributed by atoms with E-state index in [1.54, 1.807) is 65.8 Å². The molecule has 42 heavy (non-hydrogen) atoms. The molecule has 0 fully saturated rings. The predicted molar refractivity (Wildman–Crippen MR) is 166 cm³/mol. The van der Waals surface area contributed by atoms with E-state index in [0.29, 0.717) is 12.0 Å². The predicted octanol–water partition coefficient (Wildman–Crippen LogP) is 4.86. The molecule has 0 aliphatic heterocycles. The Morgan fingerprint density at radius 3 is 1.86 bits per heavy atom. The summed E-state index contributed by atoms with van der Waals surface area (Å²) in [6, 6.07) is 15.0. The molecule has 2 aromatic rings. The zero-order valence-electron chi connectivity index (χ0n) is 25.7. The molecule has 10 heteroatoms. The Kier molecular flexibility index (Phi) is 12.9. The van der Waals surface area contributed by atoms with E-state index in [1.165, 1.54) is 4.90 Å². The van der Waals surface area contributed by atoms with Crippen molar-refractivity contribution in [2.75, 3.05) is 12.3 Å². The van der Waals surface area contributed by atoms with Gasteiger partial charge in [0.1, 0.15) is 29.3 Å². The zero-order chi connectivity index (χ0) is 31.5. The fraction of sp³-hybridized carbons (Fsp3) is 0.500. The summed E-state index contributed by atoms with van der Waals surface area (Å²) in [6.45, 7) is 12.5. The standard InChI is InChI=1S/C32H45N3O6S/c1-8-19-35(28(37)25(21-42)34-30(39)41-32(5,6)7)26(23-17-13-10-14-18-23)27(36)33-24(29(38)40-31(2,3)4)20-22-15-11-9-12-16-22/h9-18,24-26,42H,8,19-21H2,1-7H3,(H,33,36)(H,34,39). The molecule has 0 aromatic heterocycles. The van der Waals surface area contributed by atoms with Gasteiger partial charge in [0.25, 0.3) is 0 Å². The van der Waals surface area contributed by atoms with Crippen LogP contribution in [0.2, 0.25) is 0 Å². The highest BCUT2D eigenvalue weighted by Gasteiger charge is 2.37. The highest BCUT2D eigenvalue weighted by molar-refractivity contribution is 7.80. The molecule has 0 aliphatic rings. The summed E-state index contributed by atoms with van der Waals surface area (Å²) < 4.78 is 11.0. The number of benzene rings is 2. The molecule has 2 aromatic carbocycles.